The fourth-order valence-corrected chi connectivity index (χ4v) is 19.3. The number of hydrogen-bond acceptors (Lipinski definition) is 8. The van der Waals surface area contributed by atoms with Crippen molar-refractivity contribution in [2.75, 3.05) is 0 Å². The third-order valence-electron chi connectivity index (χ3n) is 22.4. The molecule has 4 aromatic heterocycles. The van der Waals surface area contributed by atoms with Gasteiger partial charge in [-0.2, -0.15) is 0 Å². The minimum Gasteiger partial charge on any atom is -0.208 e. The molecule has 0 spiro atoms. The number of aromatic nitrogens is 6. The Kier molecular flexibility index (Phi) is 16.2. The fraction of sp³-hybridized carbons (Fsp3) is 0. The van der Waals surface area contributed by atoms with Crippen molar-refractivity contribution in [1.29, 1.82) is 0 Å². The van der Waals surface area contributed by atoms with Crippen molar-refractivity contribution in [2.45, 2.75) is 0 Å². The molecule has 0 bridgehead atoms. The molecule has 22 rings (SSSR count). The average Bonchev–Trinajstić information content (AvgIpc) is 1.22. The normalized spacial score (nSPS) is 11.7. The highest BCUT2D eigenvalue weighted by molar-refractivity contribution is 7.26. The molecule has 8 heteroatoms. The van der Waals surface area contributed by atoms with Crippen LogP contribution in [-0.2, 0) is 0 Å². The van der Waals surface area contributed by atoms with E-state index in [4.69, 9.17) is 29.9 Å². The van der Waals surface area contributed by atoms with E-state index in [9.17, 15) is 0 Å². The monoisotopic (exact) mass is 1480 g/mol. The van der Waals surface area contributed by atoms with E-state index in [1.54, 1.807) is 22.7 Å². The maximum Gasteiger partial charge on any atom is 0.165 e. The van der Waals surface area contributed by atoms with Gasteiger partial charge in [0.2, 0.25) is 0 Å². The largest absolute Gasteiger partial charge is 0.208 e. The Balaban J connectivity index is 0.623. The zero-order valence-electron chi connectivity index (χ0n) is 61.5. The Morgan fingerprint density at radius 3 is 0.912 bits per heavy atom. The molecule has 0 radical (unpaired) electrons. The van der Waals surface area contributed by atoms with Crippen molar-refractivity contribution >= 4 is 106 Å². The van der Waals surface area contributed by atoms with Crippen LogP contribution in [0.15, 0.2) is 388 Å². The van der Waals surface area contributed by atoms with Gasteiger partial charge >= 0.3 is 0 Å². The molecular weight excluding hydrogens is 1420 g/mol. The Morgan fingerprint density at radius 1 is 0.140 bits per heavy atom. The first-order valence-electron chi connectivity index (χ1n) is 38.4. The van der Waals surface area contributed by atoms with Gasteiger partial charge in [0.05, 0.1) is 0 Å². The predicted molar refractivity (Wildman–Crippen MR) is 480 cm³/mol. The summed E-state index contributed by atoms with van der Waals surface area (Å²) in [6.45, 7) is 0. The number of rotatable bonds is 13. The van der Waals surface area contributed by atoms with Crippen molar-refractivity contribution in [1.82, 2.24) is 29.9 Å². The molecule has 0 saturated heterocycles. The summed E-state index contributed by atoms with van der Waals surface area (Å²) in [5, 5.41) is 14.4. The van der Waals surface area contributed by atoms with Crippen LogP contribution in [0.1, 0.15) is 0 Å². The molecule has 0 fully saturated rings. The topological polar surface area (TPSA) is 77.3 Å². The van der Waals surface area contributed by atoms with Crippen molar-refractivity contribution in [3.05, 3.63) is 388 Å². The van der Waals surface area contributed by atoms with Gasteiger partial charge in [0, 0.05) is 73.7 Å². The molecule has 6 nitrogen and oxygen atoms in total. The van der Waals surface area contributed by atoms with Gasteiger partial charge in [0.25, 0.3) is 0 Å². The van der Waals surface area contributed by atoms with Crippen LogP contribution in [0, 0.1) is 0 Å². The molecule has 0 unspecified atom stereocenters. The average molecular weight is 1490 g/mol. The minimum absolute atomic E-state index is 0.575. The summed E-state index contributed by atoms with van der Waals surface area (Å²) in [4.78, 5) is 32.5. The lowest BCUT2D eigenvalue weighted by molar-refractivity contribution is 1.08. The molecular formula is C106H64N6S2. The highest BCUT2D eigenvalue weighted by Gasteiger charge is 2.23. The first kappa shape index (κ1) is 66.4. The summed E-state index contributed by atoms with van der Waals surface area (Å²) in [6.07, 6.45) is 0. The number of fused-ring (bicyclic) bond motifs is 11. The van der Waals surface area contributed by atoms with Crippen molar-refractivity contribution < 1.29 is 0 Å². The summed E-state index contributed by atoms with van der Waals surface area (Å²) in [5.41, 5.74) is 21.4. The van der Waals surface area contributed by atoms with Gasteiger partial charge in [-0.3, -0.25) is 0 Å². The molecule has 0 atom stereocenters. The smallest absolute Gasteiger partial charge is 0.165 e. The first-order valence-corrected chi connectivity index (χ1v) is 40.1. The van der Waals surface area contributed by atoms with E-state index >= 15 is 0 Å². The lowest BCUT2D eigenvalue weighted by Crippen LogP contribution is -2.01. The summed E-state index contributed by atoms with van der Waals surface area (Å²) < 4.78 is 4.70. The molecule has 114 heavy (non-hydrogen) atoms. The number of hydrogen-bond donors (Lipinski definition) is 0. The molecule has 0 N–H and O–H groups in total. The molecule has 18 aromatic carbocycles. The predicted octanol–water partition coefficient (Wildman–Crippen LogP) is 29.1. The Bertz CT molecular complexity index is 7620. The SMILES string of the molecule is c1ccc(-c2ccc(-c3cccc(-c4cccc(-c5nc(-c6cccc(-c7ccc(-c8nc(-c9cccc(-c%10cc%11ccc(-c%12ccc(-c%13ccccc%13)c%13ccccc%12%13)cc%11c%11ccccc%10%11)c9)nc(-c9cccc%10c9sc9ccccc9%10)n8)cc7)c6)nc(-c6cccc7c6sc6ccccc67)n5)c4)c3)c3ccccc23)cc1. The van der Waals surface area contributed by atoms with E-state index in [-0.39, 0.29) is 0 Å². The molecule has 4 heterocycles. The molecule has 530 valence electrons. The van der Waals surface area contributed by atoms with E-state index in [1.807, 2.05) is 0 Å². The fourth-order valence-electron chi connectivity index (χ4n) is 16.9. The second-order valence-corrected chi connectivity index (χ2v) is 31.2. The molecule has 0 aliphatic heterocycles. The van der Waals surface area contributed by atoms with E-state index in [0.29, 0.717) is 34.9 Å². The van der Waals surface area contributed by atoms with Crippen LogP contribution < -0.4 is 0 Å². The molecule has 0 amide bonds. The van der Waals surface area contributed by atoms with Crippen LogP contribution in [0.5, 0.6) is 0 Å². The lowest BCUT2D eigenvalue weighted by Gasteiger charge is -2.15. The van der Waals surface area contributed by atoms with E-state index in [1.165, 1.54) is 108 Å². The van der Waals surface area contributed by atoms with Crippen LogP contribution in [-0.4, -0.2) is 29.9 Å². The summed E-state index contributed by atoms with van der Waals surface area (Å²) >= 11 is 3.55. The molecule has 0 aliphatic rings. The zero-order chi connectivity index (χ0) is 75.2. The van der Waals surface area contributed by atoms with Gasteiger partial charge < -0.3 is 0 Å². The van der Waals surface area contributed by atoms with Crippen molar-refractivity contribution in [3.8, 4) is 146 Å². The molecule has 22 aromatic rings. The second-order valence-electron chi connectivity index (χ2n) is 29.1. The van der Waals surface area contributed by atoms with E-state index < -0.39 is 0 Å². The minimum atomic E-state index is 0.575. The van der Waals surface area contributed by atoms with Gasteiger partial charge in [-0.15, -0.1) is 22.7 Å². The number of benzene rings is 18. The van der Waals surface area contributed by atoms with Gasteiger partial charge in [0.1, 0.15) is 0 Å². The highest BCUT2D eigenvalue weighted by Crippen LogP contribution is 2.46. The van der Waals surface area contributed by atoms with Crippen LogP contribution in [0.25, 0.3) is 230 Å². The van der Waals surface area contributed by atoms with Crippen LogP contribution in [0.4, 0.5) is 0 Å². The number of nitrogens with zero attached hydrogens (tertiary/aromatic N) is 6. The van der Waals surface area contributed by atoms with Crippen molar-refractivity contribution in [3.63, 3.8) is 0 Å². The molecule has 0 saturated carbocycles. The quantitative estimate of drug-likeness (QED) is 0.107. The Hall–Kier alpha value is -14.5. The number of thiophene rings is 2. The lowest BCUT2D eigenvalue weighted by atomic mass is 9.89. The van der Waals surface area contributed by atoms with Crippen LogP contribution >= 0.6 is 22.7 Å². The standard InChI is InChI=1S/C106H64N6S2/c1-3-23-66(24-4-1)79-55-57-81(85-37-9-7-35-83(79)85)72-30-17-28-70(59-72)71-29-19-33-77(61-71)103-108-102(110-106(111-103)94-46-22-44-92-90-42-14-16-48-98(90)114-100(92)94)76-32-18-27-69(60-76)65-49-51-68(52-50-65)101-107-104(112-105(109-101)93-45-21-43-91-89-41-13-15-47-97(89)113-99(91)93)78-34-20-31-73(62-78)95-64-75-54-53-74(63-96(75)88-40-12-11-39-87(88)95)82-58-56-80(67-25-5-2-6-26-67)84-36-8-10-38-86(82)84/h1-64H. The molecule has 0 aliphatic carbocycles. The second kappa shape index (κ2) is 27.8. The van der Waals surface area contributed by atoms with E-state index in [2.05, 4.69) is 388 Å². The van der Waals surface area contributed by atoms with Crippen molar-refractivity contribution in [2.24, 2.45) is 0 Å². The van der Waals surface area contributed by atoms with E-state index in [0.717, 1.165) is 87.1 Å². The Morgan fingerprint density at radius 2 is 0.439 bits per heavy atom. The maximum absolute atomic E-state index is 5.45. The van der Waals surface area contributed by atoms with Gasteiger partial charge in [-0.25, -0.2) is 29.9 Å². The highest BCUT2D eigenvalue weighted by atomic mass is 32.1. The summed E-state index contributed by atoms with van der Waals surface area (Å²) in [6, 6.07) is 140. The Labute approximate surface area is 665 Å². The summed E-state index contributed by atoms with van der Waals surface area (Å²) in [7, 11) is 0. The van der Waals surface area contributed by atoms with Gasteiger partial charge in [-0.1, -0.05) is 328 Å². The maximum atomic E-state index is 5.45. The third kappa shape index (κ3) is 11.8. The van der Waals surface area contributed by atoms with Gasteiger partial charge in [-0.05, 0) is 182 Å². The third-order valence-corrected chi connectivity index (χ3v) is 24.8. The zero-order valence-corrected chi connectivity index (χ0v) is 63.1. The van der Waals surface area contributed by atoms with Crippen LogP contribution in [0.2, 0.25) is 0 Å². The van der Waals surface area contributed by atoms with Crippen LogP contribution in [0.3, 0.4) is 0 Å². The first-order chi connectivity index (χ1) is 56.5. The van der Waals surface area contributed by atoms with Gasteiger partial charge in [0.15, 0.2) is 34.9 Å². The summed E-state index contributed by atoms with van der Waals surface area (Å²) in [5.74, 6) is 3.54.